The number of rotatable bonds is 2. The summed E-state index contributed by atoms with van der Waals surface area (Å²) in [5.41, 5.74) is 12.0. The third-order valence-corrected chi connectivity index (χ3v) is 11.1. The van der Waals surface area contributed by atoms with Crippen LogP contribution in [0.3, 0.4) is 0 Å². The van der Waals surface area contributed by atoms with Crippen molar-refractivity contribution in [1.82, 2.24) is 40.2 Å². The van der Waals surface area contributed by atoms with Crippen molar-refractivity contribution >= 4 is 35.6 Å². The third kappa shape index (κ3) is 4.83. The number of halogens is 1. The molecule has 10 nitrogen and oxygen atoms in total. The van der Waals surface area contributed by atoms with Gasteiger partial charge in [0, 0.05) is 34.6 Å². The predicted octanol–water partition coefficient (Wildman–Crippen LogP) is 5.46. The van der Waals surface area contributed by atoms with E-state index >= 15 is 0 Å². The molecule has 0 radical (unpaired) electrons. The van der Waals surface area contributed by atoms with Gasteiger partial charge in [-0.2, -0.15) is 10.2 Å². The molecule has 6 heterocycles. The minimum Gasteiger partial charge on any atom is -0.343 e. The highest BCUT2D eigenvalue weighted by atomic mass is 35.5. The van der Waals surface area contributed by atoms with E-state index in [9.17, 15) is 9.59 Å². The van der Waals surface area contributed by atoms with Crippen LogP contribution < -0.4 is 10.6 Å². The molecule has 2 saturated carbocycles. The predicted molar refractivity (Wildman–Crippen MR) is 185 cm³/mol. The highest BCUT2D eigenvalue weighted by Crippen LogP contribution is 2.44. The molecule has 6 aliphatic rings. The molecule has 0 saturated heterocycles. The van der Waals surface area contributed by atoms with Crippen LogP contribution in [0.25, 0.3) is 34.7 Å². The second kappa shape index (κ2) is 10.5. The Morgan fingerprint density at radius 1 is 0.694 bits per heavy atom. The number of nitrogens with one attached hydrogen (secondary N) is 2. The largest absolute Gasteiger partial charge is 0.343 e. The Hall–Kier alpha value is -5.09. The second-order valence-electron chi connectivity index (χ2n) is 14.3. The van der Waals surface area contributed by atoms with Crippen LogP contribution in [-0.2, 0) is 38.8 Å². The Morgan fingerprint density at radius 2 is 1.24 bits per heavy atom. The fraction of sp³-hybridized carbons (Fsp3) is 0.316. The van der Waals surface area contributed by atoms with Crippen molar-refractivity contribution in [2.24, 2.45) is 0 Å². The number of benzene rings is 1. The van der Waals surface area contributed by atoms with Crippen LogP contribution in [0.15, 0.2) is 54.9 Å². The van der Waals surface area contributed by atoms with Gasteiger partial charge >= 0.3 is 0 Å². The van der Waals surface area contributed by atoms with Crippen molar-refractivity contribution in [1.29, 1.82) is 0 Å². The van der Waals surface area contributed by atoms with Gasteiger partial charge in [-0.1, -0.05) is 48.0 Å². The monoisotopic (exact) mass is 668 g/mol. The van der Waals surface area contributed by atoms with Crippen LogP contribution >= 0.6 is 11.6 Å². The van der Waals surface area contributed by atoms with Crippen LogP contribution in [0.5, 0.6) is 0 Å². The summed E-state index contributed by atoms with van der Waals surface area (Å²) in [6.45, 7) is 1.58. The third-order valence-electron chi connectivity index (χ3n) is 10.9. The van der Waals surface area contributed by atoms with Crippen molar-refractivity contribution in [2.75, 3.05) is 0 Å². The second-order valence-corrected chi connectivity index (χ2v) is 14.7. The average Bonchev–Trinajstić information content (AvgIpc) is 3.94. The van der Waals surface area contributed by atoms with Gasteiger partial charge in [0.2, 0.25) is 0 Å². The molecule has 0 unspecified atom stereocenters. The zero-order chi connectivity index (χ0) is 32.9. The number of carbonyl (C=O) groups is 2. The molecule has 2 amide bonds. The van der Waals surface area contributed by atoms with Crippen LogP contribution in [0.4, 0.5) is 0 Å². The molecular weight excluding hydrogens is 636 g/mol. The van der Waals surface area contributed by atoms with Crippen molar-refractivity contribution in [3.63, 3.8) is 0 Å². The normalized spacial score (nSPS) is 19.4. The molecule has 11 rings (SSSR count). The number of aromatic nitrogens is 6. The molecule has 11 heteroatoms. The first-order valence-electron chi connectivity index (χ1n) is 17.1. The summed E-state index contributed by atoms with van der Waals surface area (Å²) < 4.78 is 3.85. The Morgan fingerprint density at radius 3 is 1.82 bits per heavy atom. The lowest BCUT2D eigenvalue weighted by molar-refractivity contribution is 0.0876. The van der Waals surface area contributed by atoms with E-state index in [0.29, 0.717) is 5.15 Å². The van der Waals surface area contributed by atoms with Crippen LogP contribution in [0.2, 0.25) is 5.15 Å². The van der Waals surface area contributed by atoms with E-state index in [2.05, 4.69) is 44.9 Å². The number of amides is 2. The number of nitrogens with zero attached hydrogens (tertiary/aromatic N) is 6. The van der Waals surface area contributed by atoms with Gasteiger partial charge in [0.25, 0.3) is 11.8 Å². The maximum atomic E-state index is 12.7. The minimum atomic E-state index is -0.0383. The summed E-state index contributed by atoms with van der Waals surface area (Å²) >= 11 is 6.03. The molecule has 0 atom stereocenters. The zero-order valence-electron chi connectivity index (χ0n) is 26.8. The Labute approximate surface area is 287 Å². The highest BCUT2D eigenvalue weighted by molar-refractivity contribution is 6.29. The van der Waals surface area contributed by atoms with Crippen LogP contribution in [0.1, 0.15) is 80.2 Å². The van der Waals surface area contributed by atoms with Gasteiger partial charge < -0.3 is 10.6 Å². The zero-order valence-corrected chi connectivity index (χ0v) is 27.6. The van der Waals surface area contributed by atoms with Gasteiger partial charge in [0.05, 0.1) is 41.2 Å². The highest BCUT2D eigenvalue weighted by Gasteiger charge is 2.50. The van der Waals surface area contributed by atoms with E-state index in [1.54, 1.807) is 0 Å². The Kier molecular flexibility index (Phi) is 6.16. The molecule has 0 bridgehead atoms. The molecule has 4 aliphatic carbocycles. The van der Waals surface area contributed by atoms with Gasteiger partial charge in [0.15, 0.2) is 0 Å². The molecule has 2 spiro atoms. The first-order chi connectivity index (χ1) is 23.9. The van der Waals surface area contributed by atoms with E-state index in [0.717, 1.165) is 126 Å². The quantitative estimate of drug-likeness (QED) is 0.241. The number of fused-ring (bicyclic) bond motifs is 10. The fourth-order valence-corrected chi connectivity index (χ4v) is 8.07. The van der Waals surface area contributed by atoms with Crippen molar-refractivity contribution in [3.8, 4) is 22.5 Å². The molecule has 244 valence electrons. The first-order valence-corrected chi connectivity index (χ1v) is 17.5. The fourth-order valence-electron chi connectivity index (χ4n) is 7.92. The van der Waals surface area contributed by atoms with Crippen LogP contribution in [0, 0.1) is 0 Å². The van der Waals surface area contributed by atoms with Crippen molar-refractivity contribution in [3.05, 3.63) is 105 Å². The maximum absolute atomic E-state index is 12.7. The number of aryl methyl sites for hydroxylation is 2. The van der Waals surface area contributed by atoms with E-state index < -0.39 is 0 Å². The van der Waals surface area contributed by atoms with Gasteiger partial charge in [-0.05, 0) is 86.3 Å². The van der Waals surface area contributed by atoms with Gasteiger partial charge in [-0.25, -0.2) is 4.98 Å². The van der Waals surface area contributed by atoms with Crippen molar-refractivity contribution < 1.29 is 9.59 Å². The lowest BCUT2D eigenvalue weighted by atomic mass is 9.89. The van der Waals surface area contributed by atoms with Gasteiger partial charge in [-0.3, -0.25) is 23.9 Å². The van der Waals surface area contributed by atoms with Gasteiger partial charge in [0.1, 0.15) is 16.5 Å². The Bertz CT molecular complexity index is 2260. The van der Waals surface area contributed by atoms with E-state index in [1.807, 2.05) is 52.1 Å². The molecule has 5 aromatic rings. The summed E-state index contributed by atoms with van der Waals surface area (Å²) in [6.07, 6.45) is 15.6. The van der Waals surface area contributed by atoms with E-state index in [1.165, 1.54) is 5.56 Å². The summed E-state index contributed by atoms with van der Waals surface area (Å²) in [5.74, 6) is 0.0651. The summed E-state index contributed by atoms with van der Waals surface area (Å²) in [7, 11) is 0. The summed E-state index contributed by atoms with van der Waals surface area (Å²) in [6, 6.07) is 14.2. The standard InChI is InChI=1S/C23H20N4O.C15H13ClN4O/c28-22-21-18-9-7-16-13-24-17(8-6-15-4-2-1-3-5-15)12-19(16)20(18)26-27(21)14-23(25-22)10-11-23;16-11-5-10-8(6-17-11)1-2-9-12(10)19-20-7-15(3-4-15)18-14(21)13(9)20/h1-6,8,12-13H,7,9-11,14H2,(H,25,28);5-6H,1-4,7H2,(H,18,21)/b8-6+;. The van der Waals surface area contributed by atoms with E-state index in [4.69, 9.17) is 21.8 Å². The maximum Gasteiger partial charge on any atom is 0.270 e. The number of hydrogen-bond acceptors (Lipinski definition) is 6. The molecule has 1 aromatic carbocycles. The summed E-state index contributed by atoms with van der Waals surface area (Å²) in [5, 5.41) is 16.4. The van der Waals surface area contributed by atoms with Crippen LogP contribution in [-0.4, -0.2) is 52.4 Å². The average molecular weight is 669 g/mol. The lowest BCUT2D eigenvalue weighted by Gasteiger charge is -2.24. The molecule has 2 fully saturated rings. The lowest BCUT2D eigenvalue weighted by Crippen LogP contribution is -2.46. The smallest absolute Gasteiger partial charge is 0.270 e. The topological polar surface area (TPSA) is 120 Å². The van der Waals surface area contributed by atoms with E-state index in [-0.39, 0.29) is 22.9 Å². The SMILES string of the molecule is O=C1NC2(CC2)Cn2nc3c(c21)CCc1cnc(/C=C/c2ccccc2)cc1-3.O=C1NC2(CC2)Cn2nc3c(c21)CCc1cnc(Cl)cc1-3. The molecule has 4 aromatic heterocycles. The number of carbonyl (C=O) groups excluding carboxylic acids is 2. The molecular formula is C38H33ClN8O2. The van der Waals surface area contributed by atoms with Gasteiger partial charge in [-0.15, -0.1) is 0 Å². The Balaban J connectivity index is 0.000000130. The van der Waals surface area contributed by atoms with Crippen molar-refractivity contribution in [2.45, 2.75) is 75.5 Å². The number of hydrogen-bond donors (Lipinski definition) is 2. The molecule has 2 N–H and O–H groups in total. The minimum absolute atomic E-state index is 0.0242. The number of pyridine rings is 2. The summed E-state index contributed by atoms with van der Waals surface area (Å²) in [4.78, 5) is 33.9. The molecule has 49 heavy (non-hydrogen) atoms. The first kappa shape index (κ1) is 28.9. The molecule has 2 aliphatic heterocycles.